The van der Waals surface area contributed by atoms with Crippen molar-refractivity contribution in [1.82, 2.24) is 23.1 Å². The predicted molar refractivity (Wildman–Crippen MR) is 105 cm³/mol. The van der Waals surface area contributed by atoms with Gasteiger partial charge >= 0.3 is 5.69 Å². The molecule has 11 heteroatoms. The van der Waals surface area contributed by atoms with E-state index in [0.29, 0.717) is 5.56 Å². The van der Waals surface area contributed by atoms with Gasteiger partial charge in [-0.15, -0.1) is 0 Å². The highest BCUT2D eigenvalue weighted by Gasteiger charge is 2.24. The molecule has 30 heavy (non-hydrogen) atoms. The molecule has 0 saturated heterocycles. The minimum absolute atomic E-state index is 0.00586. The van der Waals surface area contributed by atoms with Crippen LogP contribution < -0.4 is 16.8 Å². The molecule has 0 aliphatic carbocycles. The van der Waals surface area contributed by atoms with Crippen LogP contribution >= 0.6 is 0 Å². The lowest BCUT2D eigenvalue weighted by molar-refractivity contribution is 0.295. The zero-order valence-electron chi connectivity index (χ0n) is 16.2. The molecule has 0 aliphatic heterocycles. The van der Waals surface area contributed by atoms with E-state index >= 15 is 0 Å². The van der Waals surface area contributed by atoms with E-state index in [1.807, 2.05) is 0 Å². The normalized spacial score (nSPS) is 11.6. The van der Waals surface area contributed by atoms with Crippen molar-refractivity contribution in [2.24, 2.45) is 14.1 Å². The summed E-state index contributed by atoms with van der Waals surface area (Å²) in [5.41, 5.74) is -1.70. The van der Waals surface area contributed by atoms with E-state index in [2.05, 4.69) is 4.98 Å². The number of aryl methyl sites for hydroxylation is 1. The van der Waals surface area contributed by atoms with E-state index in [1.165, 1.54) is 42.9 Å². The summed E-state index contributed by atoms with van der Waals surface area (Å²) in [4.78, 5) is 42.4. The Morgan fingerprint density at radius 1 is 1.03 bits per heavy atom. The molecule has 0 atom stereocenters. The van der Waals surface area contributed by atoms with E-state index in [9.17, 15) is 29.0 Å². The maximum absolute atomic E-state index is 13.3. The highest BCUT2D eigenvalue weighted by molar-refractivity contribution is 5.75. The topological polar surface area (TPSA) is 124 Å². The van der Waals surface area contributed by atoms with Crippen LogP contribution in [0.4, 0.5) is 4.39 Å². The number of aliphatic hydroxyl groups is 1. The minimum atomic E-state index is -0.717. The Balaban J connectivity index is 2.17. The molecule has 2 N–H and O–H groups in total. The summed E-state index contributed by atoms with van der Waals surface area (Å²) < 4.78 is 17.6. The molecule has 1 aromatic carbocycles. The maximum Gasteiger partial charge on any atom is 0.332 e. The lowest BCUT2D eigenvalue weighted by Crippen LogP contribution is -2.38. The average molecular weight is 415 g/mol. The van der Waals surface area contributed by atoms with Crippen LogP contribution in [0.2, 0.25) is 0 Å². The number of hydrogen-bond acceptors (Lipinski definition) is 6. The van der Waals surface area contributed by atoms with Crippen molar-refractivity contribution in [3.8, 4) is 5.88 Å². The zero-order valence-corrected chi connectivity index (χ0v) is 16.2. The molecular formula is C19H18FN5O5. The van der Waals surface area contributed by atoms with E-state index in [0.717, 1.165) is 13.5 Å². The quantitative estimate of drug-likeness (QED) is 0.462. The monoisotopic (exact) mass is 415 g/mol. The fourth-order valence-corrected chi connectivity index (χ4v) is 3.49. The SMILES string of the molecule is Cn1c(=O)c2c(nc3n(Cc4ccc(F)cc4)c(O)c(CCO)c(=O)n23)n(C)c1=O. The summed E-state index contributed by atoms with van der Waals surface area (Å²) in [6.45, 7) is -0.403. The van der Waals surface area contributed by atoms with Crippen LogP contribution in [0.5, 0.6) is 5.88 Å². The molecule has 0 aliphatic rings. The van der Waals surface area contributed by atoms with Gasteiger partial charge in [0.2, 0.25) is 11.7 Å². The Bertz CT molecular complexity index is 1480. The highest BCUT2D eigenvalue weighted by Crippen LogP contribution is 2.21. The third-order valence-electron chi connectivity index (χ3n) is 5.08. The number of aliphatic hydroxyl groups excluding tert-OH is 1. The molecular weight excluding hydrogens is 397 g/mol. The fraction of sp³-hybridized carbons (Fsp3) is 0.263. The van der Waals surface area contributed by atoms with E-state index in [1.54, 1.807) is 0 Å². The summed E-state index contributed by atoms with van der Waals surface area (Å²) in [5, 5.41) is 20.1. The molecule has 0 amide bonds. The minimum Gasteiger partial charge on any atom is -0.494 e. The van der Waals surface area contributed by atoms with Crippen LogP contribution in [-0.4, -0.2) is 39.9 Å². The molecule has 0 saturated carbocycles. The number of rotatable bonds is 4. The van der Waals surface area contributed by atoms with E-state index < -0.39 is 35.1 Å². The number of aromatic hydroxyl groups is 1. The van der Waals surface area contributed by atoms with Crippen LogP contribution in [-0.2, 0) is 27.1 Å². The second-order valence-corrected chi connectivity index (χ2v) is 6.92. The average Bonchev–Trinajstić information content (AvgIpc) is 3.13. The van der Waals surface area contributed by atoms with Crippen molar-refractivity contribution in [2.75, 3.05) is 6.61 Å². The van der Waals surface area contributed by atoms with Gasteiger partial charge in [-0.05, 0) is 17.7 Å². The van der Waals surface area contributed by atoms with Crippen molar-refractivity contribution < 1.29 is 14.6 Å². The molecule has 156 valence electrons. The van der Waals surface area contributed by atoms with Crippen molar-refractivity contribution in [2.45, 2.75) is 13.0 Å². The molecule has 4 aromatic rings. The van der Waals surface area contributed by atoms with Gasteiger partial charge < -0.3 is 10.2 Å². The highest BCUT2D eigenvalue weighted by atomic mass is 19.1. The first-order valence-corrected chi connectivity index (χ1v) is 9.04. The summed E-state index contributed by atoms with van der Waals surface area (Å²) >= 11 is 0. The molecule has 4 rings (SSSR count). The third kappa shape index (κ3) is 2.74. The number of fused-ring (bicyclic) bond motifs is 3. The maximum atomic E-state index is 13.3. The summed E-state index contributed by atoms with van der Waals surface area (Å²) in [7, 11) is 2.70. The van der Waals surface area contributed by atoms with Gasteiger partial charge in [0.1, 0.15) is 5.82 Å². The molecule has 0 bridgehead atoms. The molecule has 0 fully saturated rings. The standard InChI is InChI=1S/C19H18FN5O5/c1-22-14-13(17(29)23(2)19(22)30)25-16(28)12(7-8-26)15(27)24(18(25)21-14)9-10-3-5-11(20)6-4-10/h3-6,26-27H,7-9H2,1-2H3. The Morgan fingerprint density at radius 2 is 1.70 bits per heavy atom. The van der Waals surface area contributed by atoms with Crippen molar-refractivity contribution >= 4 is 16.9 Å². The summed E-state index contributed by atoms with van der Waals surface area (Å²) in [6, 6.07) is 5.52. The lowest BCUT2D eigenvalue weighted by atomic mass is 10.2. The molecule has 3 heterocycles. The summed E-state index contributed by atoms with van der Waals surface area (Å²) in [5.74, 6) is -0.918. The van der Waals surface area contributed by atoms with Crippen LogP contribution in [0.15, 0.2) is 38.6 Å². The number of benzene rings is 1. The molecule has 10 nitrogen and oxygen atoms in total. The largest absolute Gasteiger partial charge is 0.494 e. The van der Waals surface area contributed by atoms with Crippen molar-refractivity contribution in [3.63, 3.8) is 0 Å². The van der Waals surface area contributed by atoms with Gasteiger partial charge in [0.25, 0.3) is 11.1 Å². The van der Waals surface area contributed by atoms with Gasteiger partial charge in [0.15, 0.2) is 11.2 Å². The van der Waals surface area contributed by atoms with Crippen LogP contribution in [0.1, 0.15) is 11.1 Å². The van der Waals surface area contributed by atoms with Gasteiger partial charge in [-0.1, -0.05) is 12.1 Å². The Kier molecular flexibility index (Phi) is 4.54. The Hall–Kier alpha value is -3.73. The van der Waals surface area contributed by atoms with E-state index in [-0.39, 0.29) is 35.5 Å². The number of nitrogens with zero attached hydrogens (tertiary/aromatic N) is 5. The van der Waals surface area contributed by atoms with E-state index in [4.69, 9.17) is 0 Å². The Morgan fingerprint density at radius 3 is 2.33 bits per heavy atom. The molecule has 0 radical (unpaired) electrons. The molecule has 0 spiro atoms. The van der Waals surface area contributed by atoms with Crippen molar-refractivity contribution in [1.29, 1.82) is 0 Å². The van der Waals surface area contributed by atoms with Crippen LogP contribution in [0.25, 0.3) is 16.9 Å². The predicted octanol–water partition coefficient (Wildman–Crippen LogP) is -0.526. The van der Waals surface area contributed by atoms with Gasteiger partial charge in [0, 0.05) is 27.1 Å². The zero-order chi connectivity index (χ0) is 21.7. The second-order valence-electron chi connectivity index (χ2n) is 6.92. The lowest BCUT2D eigenvalue weighted by Gasteiger charge is -2.14. The van der Waals surface area contributed by atoms with Crippen LogP contribution in [0, 0.1) is 5.82 Å². The fourth-order valence-electron chi connectivity index (χ4n) is 3.49. The molecule has 0 unspecified atom stereocenters. The third-order valence-corrected chi connectivity index (χ3v) is 5.08. The number of halogens is 1. The first-order chi connectivity index (χ1) is 14.3. The van der Waals surface area contributed by atoms with Gasteiger partial charge in [0.05, 0.1) is 12.1 Å². The Labute approximate surface area is 167 Å². The summed E-state index contributed by atoms with van der Waals surface area (Å²) in [6.07, 6.45) is -0.157. The number of imidazole rings is 1. The number of aromatic nitrogens is 5. The van der Waals surface area contributed by atoms with Crippen LogP contribution in [0.3, 0.4) is 0 Å². The smallest absolute Gasteiger partial charge is 0.332 e. The van der Waals surface area contributed by atoms with Gasteiger partial charge in [-0.25, -0.2) is 13.6 Å². The van der Waals surface area contributed by atoms with Gasteiger partial charge in [-0.2, -0.15) is 4.98 Å². The van der Waals surface area contributed by atoms with Gasteiger partial charge in [-0.3, -0.25) is 23.3 Å². The molecule has 3 aromatic heterocycles. The van der Waals surface area contributed by atoms with Crippen molar-refractivity contribution in [3.05, 3.63) is 72.4 Å². The second kappa shape index (κ2) is 6.95. The number of hydrogen-bond donors (Lipinski definition) is 2. The first-order valence-electron chi connectivity index (χ1n) is 9.04. The first kappa shape index (κ1) is 19.6.